The molecule has 1 aromatic heterocycles. The van der Waals surface area contributed by atoms with Crippen molar-refractivity contribution < 1.29 is 4.79 Å². The van der Waals surface area contributed by atoms with E-state index in [1.165, 1.54) is 10.7 Å². The molecule has 4 rings (SSSR count). The van der Waals surface area contributed by atoms with Crippen molar-refractivity contribution in [2.24, 2.45) is 0 Å². The van der Waals surface area contributed by atoms with E-state index >= 15 is 0 Å². The molecule has 0 atom stereocenters. The first-order valence-corrected chi connectivity index (χ1v) is 11.6. The molecule has 0 saturated heterocycles. The van der Waals surface area contributed by atoms with Crippen LogP contribution in [0.2, 0.25) is 0 Å². The highest BCUT2D eigenvalue weighted by atomic mass is 79.9. The molecule has 0 aliphatic carbocycles. The van der Waals surface area contributed by atoms with E-state index in [-0.39, 0.29) is 17.5 Å². The van der Waals surface area contributed by atoms with Crippen LogP contribution in [0.3, 0.4) is 0 Å². The summed E-state index contributed by atoms with van der Waals surface area (Å²) in [6, 6.07) is 30.6. The van der Waals surface area contributed by atoms with Gasteiger partial charge in [-0.15, -0.1) is 0 Å². The lowest BCUT2D eigenvalue weighted by atomic mass is 9.98. The van der Waals surface area contributed by atoms with Crippen molar-refractivity contribution in [3.05, 3.63) is 123 Å². The average Bonchev–Trinajstić information content (AvgIpc) is 2.85. The molecule has 1 heterocycles. The van der Waals surface area contributed by atoms with Gasteiger partial charge >= 0.3 is 0 Å². The predicted octanol–water partition coefficient (Wildman–Crippen LogP) is 5.36. The zero-order chi connectivity index (χ0) is 23.0. The maximum atomic E-state index is 12.8. The fourth-order valence-corrected chi connectivity index (χ4v) is 3.92. The van der Waals surface area contributed by atoms with Gasteiger partial charge in [0.15, 0.2) is 0 Å². The molecule has 0 fully saturated rings. The van der Waals surface area contributed by atoms with Crippen LogP contribution in [0, 0.1) is 0 Å². The fourth-order valence-electron chi connectivity index (χ4n) is 3.66. The van der Waals surface area contributed by atoms with Gasteiger partial charge in [-0.3, -0.25) is 9.59 Å². The Kier molecular flexibility index (Phi) is 7.47. The topological polar surface area (TPSA) is 64.0 Å². The average molecular weight is 502 g/mol. The SMILES string of the molecule is O=C(CCCn1nc(-c2ccc(Br)cc2)ccc1=O)NC(c1ccccc1)c1ccccc1. The molecule has 0 saturated carbocycles. The molecular formula is C27H24BrN3O2. The first kappa shape index (κ1) is 22.7. The Morgan fingerprint density at radius 2 is 1.45 bits per heavy atom. The minimum Gasteiger partial charge on any atom is -0.345 e. The van der Waals surface area contributed by atoms with Crippen LogP contribution in [0.4, 0.5) is 0 Å². The molecular weight excluding hydrogens is 478 g/mol. The molecule has 6 heteroatoms. The Bertz CT molecular complexity index is 1220. The van der Waals surface area contributed by atoms with Crippen molar-refractivity contribution in [2.75, 3.05) is 0 Å². The van der Waals surface area contributed by atoms with Gasteiger partial charge in [0.25, 0.3) is 5.56 Å². The molecule has 5 nitrogen and oxygen atoms in total. The van der Waals surface area contributed by atoms with Gasteiger partial charge in [-0.2, -0.15) is 5.10 Å². The van der Waals surface area contributed by atoms with Crippen molar-refractivity contribution in [3.63, 3.8) is 0 Å². The quantitative estimate of drug-likeness (QED) is 0.353. The minimum absolute atomic E-state index is 0.0650. The highest BCUT2D eigenvalue weighted by Crippen LogP contribution is 2.22. The summed E-state index contributed by atoms with van der Waals surface area (Å²) in [5.41, 5.74) is 3.52. The van der Waals surface area contributed by atoms with Gasteiger partial charge in [0.05, 0.1) is 11.7 Å². The summed E-state index contributed by atoms with van der Waals surface area (Å²) < 4.78 is 2.41. The van der Waals surface area contributed by atoms with E-state index in [0.29, 0.717) is 19.4 Å². The van der Waals surface area contributed by atoms with E-state index in [2.05, 4.69) is 26.3 Å². The van der Waals surface area contributed by atoms with Gasteiger partial charge in [0, 0.05) is 29.1 Å². The zero-order valence-corrected chi connectivity index (χ0v) is 19.6. The summed E-state index contributed by atoms with van der Waals surface area (Å²) in [7, 11) is 0. The molecule has 0 aliphatic heterocycles. The molecule has 1 amide bonds. The van der Waals surface area contributed by atoms with E-state index in [1.54, 1.807) is 6.07 Å². The van der Waals surface area contributed by atoms with Gasteiger partial charge in [-0.25, -0.2) is 4.68 Å². The number of hydrogen-bond acceptors (Lipinski definition) is 3. The van der Waals surface area contributed by atoms with Crippen molar-refractivity contribution in [3.8, 4) is 11.3 Å². The van der Waals surface area contributed by atoms with Crippen LogP contribution < -0.4 is 10.9 Å². The van der Waals surface area contributed by atoms with E-state index in [1.807, 2.05) is 84.9 Å². The fraction of sp³-hybridized carbons (Fsp3) is 0.148. The lowest BCUT2D eigenvalue weighted by Crippen LogP contribution is -2.30. The Labute approximate surface area is 201 Å². The van der Waals surface area contributed by atoms with Crippen molar-refractivity contribution >= 4 is 21.8 Å². The number of hydrogen-bond donors (Lipinski definition) is 1. The Morgan fingerprint density at radius 3 is 2.06 bits per heavy atom. The first-order chi connectivity index (χ1) is 16.1. The van der Waals surface area contributed by atoms with Crippen LogP contribution in [0.1, 0.15) is 30.0 Å². The van der Waals surface area contributed by atoms with Gasteiger partial charge in [0.1, 0.15) is 0 Å². The molecule has 0 unspecified atom stereocenters. The second kappa shape index (κ2) is 10.9. The standard InChI is InChI=1S/C27H24BrN3O2/c28-23-15-13-20(14-16-23)24-17-18-26(33)31(30-24)19-7-12-25(32)29-27(21-8-3-1-4-9-21)22-10-5-2-6-11-22/h1-6,8-11,13-18,27H,7,12,19H2,(H,29,32). The molecule has 3 aromatic carbocycles. The summed E-state index contributed by atoms with van der Waals surface area (Å²) in [5.74, 6) is -0.0650. The summed E-state index contributed by atoms with van der Waals surface area (Å²) >= 11 is 3.42. The largest absolute Gasteiger partial charge is 0.345 e. The summed E-state index contributed by atoms with van der Waals surface area (Å²) in [5, 5.41) is 7.62. The van der Waals surface area contributed by atoms with Crippen molar-refractivity contribution in [2.45, 2.75) is 25.4 Å². The third-order valence-corrected chi connectivity index (χ3v) is 5.88. The van der Waals surface area contributed by atoms with Gasteiger partial charge in [-0.1, -0.05) is 88.7 Å². The molecule has 0 bridgehead atoms. The number of nitrogens with one attached hydrogen (secondary N) is 1. The lowest BCUT2D eigenvalue weighted by molar-refractivity contribution is -0.121. The maximum Gasteiger partial charge on any atom is 0.266 e. The van der Waals surface area contributed by atoms with Gasteiger partial charge in [-0.05, 0) is 35.7 Å². The number of halogens is 1. The number of nitrogens with zero attached hydrogens (tertiary/aromatic N) is 2. The molecule has 1 N–H and O–H groups in total. The van der Waals surface area contributed by atoms with Crippen LogP contribution in [0.15, 0.2) is 106 Å². The molecule has 0 radical (unpaired) electrons. The number of benzene rings is 3. The van der Waals surface area contributed by atoms with Crippen LogP contribution >= 0.6 is 15.9 Å². The highest BCUT2D eigenvalue weighted by molar-refractivity contribution is 9.10. The molecule has 0 aliphatic rings. The number of amides is 1. The smallest absolute Gasteiger partial charge is 0.266 e. The highest BCUT2D eigenvalue weighted by Gasteiger charge is 2.16. The van der Waals surface area contributed by atoms with Crippen LogP contribution in [0.25, 0.3) is 11.3 Å². The number of carbonyl (C=O) groups is 1. The minimum atomic E-state index is -0.221. The van der Waals surface area contributed by atoms with Crippen LogP contribution in [0.5, 0.6) is 0 Å². The lowest BCUT2D eigenvalue weighted by Gasteiger charge is -2.20. The van der Waals surface area contributed by atoms with Gasteiger partial charge in [0.2, 0.25) is 5.91 Å². The van der Waals surface area contributed by atoms with Crippen molar-refractivity contribution in [1.82, 2.24) is 15.1 Å². The molecule has 33 heavy (non-hydrogen) atoms. The number of carbonyl (C=O) groups excluding carboxylic acids is 1. The number of aryl methyl sites for hydroxylation is 1. The van der Waals surface area contributed by atoms with E-state index in [9.17, 15) is 9.59 Å². The zero-order valence-electron chi connectivity index (χ0n) is 18.0. The summed E-state index contributed by atoms with van der Waals surface area (Å²) in [6.45, 7) is 0.373. The molecule has 4 aromatic rings. The third-order valence-electron chi connectivity index (χ3n) is 5.35. The Balaban J connectivity index is 1.41. The van der Waals surface area contributed by atoms with Crippen LogP contribution in [-0.4, -0.2) is 15.7 Å². The maximum absolute atomic E-state index is 12.8. The van der Waals surface area contributed by atoms with E-state index in [0.717, 1.165) is 26.9 Å². The second-order valence-electron chi connectivity index (χ2n) is 7.71. The van der Waals surface area contributed by atoms with Crippen molar-refractivity contribution in [1.29, 1.82) is 0 Å². The number of rotatable bonds is 8. The third kappa shape index (κ3) is 6.05. The Morgan fingerprint density at radius 1 is 0.848 bits per heavy atom. The molecule has 166 valence electrons. The van der Waals surface area contributed by atoms with Gasteiger partial charge < -0.3 is 5.32 Å². The first-order valence-electron chi connectivity index (χ1n) is 10.8. The van der Waals surface area contributed by atoms with Crippen LogP contribution in [-0.2, 0) is 11.3 Å². The second-order valence-corrected chi connectivity index (χ2v) is 8.63. The number of aromatic nitrogens is 2. The normalized spacial score (nSPS) is 10.8. The monoisotopic (exact) mass is 501 g/mol. The summed E-state index contributed by atoms with van der Waals surface area (Å²) in [4.78, 5) is 25.0. The molecule has 0 spiro atoms. The predicted molar refractivity (Wildman–Crippen MR) is 134 cm³/mol. The van der Waals surface area contributed by atoms with E-state index < -0.39 is 0 Å². The summed E-state index contributed by atoms with van der Waals surface area (Å²) in [6.07, 6.45) is 0.811. The van der Waals surface area contributed by atoms with E-state index in [4.69, 9.17) is 0 Å². The Hall–Kier alpha value is -3.51.